The zero-order valence-corrected chi connectivity index (χ0v) is 19.9. The Labute approximate surface area is 206 Å². The predicted molar refractivity (Wildman–Crippen MR) is 134 cm³/mol. The van der Waals surface area contributed by atoms with Crippen LogP contribution in [0.5, 0.6) is 5.75 Å². The molecule has 0 aliphatic heterocycles. The van der Waals surface area contributed by atoms with Crippen LogP contribution in [0, 0.1) is 5.82 Å². The molecule has 0 N–H and O–H groups in total. The molecule has 0 atom stereocenters. The molecule has 0 unspecified atom stereocenters. The highest BCUT2D eigenvalue weighted by Gasteiger charge is 2.18. The number of hydrogen-bond acceptors (Lipinski definition) is 6. The summed E-state index contributed by atoms with van der Waals surface area (Å²) in [5.41, 5.74) is 3.63. The Morgan fingerprint density at radius 1 is 0.943 bits per heavy atom. The van der Waals surface area contributed by atoms with E-state index in [1.165, 1.54) is 17.7 Å². The van der Waals surface area contributed by atoms with Gasteiger partial charge >= 0.3 is 0 Å². The Bertz CT molecular complexity index is 1400. The molecule has 35 heavy (non-hydrogen) atoms. The molecule has 0 spiro atoms. The third-order valence-corrected chi connectivity index (χ3v) is 6.52. The zero-order valence-electron chi connectivity index (χ0n) is 19.1. The van der Waals surface area contributed by atoms with Gasteiger partial charge in [-0.2, -0.15) is 0 Å². The molecule has 2 aromatic heterocycles. The topological polar surface area (TPSA) is 66.0 Å². The highest BCUT2D eigenvalue weighted by atomic mass is 32.2. The number of benzene rings is 3. The van der Waals surface area contributed by atoms with Gasteiger partial charge in [-0.3, -0.25) is 0 Å². The number of aryl methyl sites for hydroxylation is 1. The van der Waals surface area contributed by atoms with Crippen LogP contribution in [0.4, 0.5) is 4.39 Å². The fourth-order valence-corrected chi connectivity index (χ4v) is 4.59. The Morgan fingerprint density at radius 3 is 2.51 bits per heavy atom. The van der Waals surface area contributed by atoms with Crippen LogP contribution in [0.2, 0.25) is 0 Å². The second-order valence-electron chi connectivity index (χ2n) is 7.83. The van der Waals surface area contributed by atoms with Gasteiger partial charge in [0.15, 0.2) is 11.0 Å². The van der Waals surface area contributed by atoms with Crippen LogP contribution in [-0.2, 0) is 18.7 Å². The number of thioether (sulfide) groups is 1. The van der Waals surface area contributed by atoms with Gasteiger partial charge in [0.25, 0.3) is 0 Å². The maximum atomic E-state index is 13.2. The van der Waals surface area contributed by atoms with E-state index in [4.69, 9.17) is 9.15 Å². The van der Waals surface area contributed by atoms with Crippen LogP contribution in [0.3, 0.4) is 0 Å². The lowest BCUT2D eigenvalue weighted by Gasteiger charge is -2.12. The third-order valence-electron chi connectivity index (χ3n) is 5.52. The molecule has 0 radical (unpaired) electrons. The first-order chi connectivity index (χ1) is 17.2. The van der Waals surface area contributed by atoms with Gasteiger partial charge in [0.05, 0.1) is 18.4 Å². The SMILES string of the molecule is COc1ccccc1-c1nnc(SCc2coc(-c3ccc(F)cc3)n2)n1CCc1ccccc1. The maximum absolute atomic E-state index is 13.2. The van der Waals surface area contributed by atoms with Crippen molar-refractivity contribution in [1.29, 1.82) is 0 Å². The van der Waals surface area contributed by atoms with Crippen molar-refractivity contribution in [3.63, 3.8) is 0 Å². The highest BCUT2D eigenvalue weighted by molar-refractivity contribution is 7.98. The van der Waals surface area contributed by atoms with Crippen molar-refractivity contribution in [1.82, 2.24) is 19.7 Å². The minimum Gasteiger partial charge on any atom is -0.496 e. The number of oxazole rings is 1. The first-order valence-electron chi connectivity index (χ1n) is 11.1. The van der Waals surface area contributed by atoms with E-state index in [0.717, 1.165) is 40.0 Å². The fourth-order valence-electron chi connectivity index (χ4n) is 3.75. The van der Waals surface area contributed by atoms with E-state index in [1.807, 2.05) is 42.5 Å². The number of ether oxygens (including phenoxy) is 1. The van der Waals surface area contributed by atoms with Crippen molar-refractivity contribution in [2.75, 3.05) is 7.11 Å². The smallest absolute Gasteiger partial charge is 0.226 e. The number of halogens is 1. The van der Waals surface area contributed by atoms with Crippen LogP contribution in [0.1, 0.15) is 11.3 Å². The van der Waals surface area contributed by atoms with E-state index < -0.39 is 0 Å². The van der Waals surface area contributed by atoms with Crippen LogP contribution in [0.25, 0.3) is 22.8 Å². The largest absolute Gasteiger partial charge is 0.496 e. The van der Waals surface area contributed by atoms with E-state index >= 15 is 0 Å². The summed E-state index contributed by atoms with van der Waals surface area (Å²) in [5.74, 6) is 2.23. The van der Waals surface area contributed by atoms with Gasteiger partial charge < -0.3 is 13.7 Å². The number of nitrogens with zero attached hydrogens (tertiary/aromatic N) is 4. The molecule has 0 saturated carbocycles. The molecule has 5 rings (SSSR count). The minimum absolute atomic E-state index is 0.295. The minimum atomic E-state index is -0.295. The van der Waals surface area contributed by atoms with Crippen molar-refractivity contribution < 1.29 is 13.5 Å². The average molecular weight is 487 g/mol. The Morgan fingerprint density at radius 2 is 1.71 bits per heavy atom. The van der Waals surface area contributed by atoms with Gasteiger partial charge in [-0.15, -0.1) is 10.2 Å². The van der Waals surface area contributed by atoms with Gasteiger partial charge in [-0.05, 0) is 48.4 Å². The molecule has 5 aromatic rings. The van der Waals surface area contributed by atoms with Crippen molar-refractivity contribution in [2.24, 2.45) is 0 Å². The normalized spacial score (nSPS) is 11.0. The average Bonchev–Trinajstić information content (AvgIpc) is 3.54. The molecule has 8 heteroatoms. The first-order valence-corrected chi connectivity index (χ1v) is 12.1. The van der Waals surface area contributed by atoms with Crippen LogP contribution in [-0.4, -0.2) is 26.9 Å². The molecule has 0 amide bonds. The van der Waals surface area contributed by atoms with E-state index in [-0.39, 0.29) is 5.82 Å². The Hall–Kier alpha value is -3.91. The summed E-state index contributed by atoms with van der Waals surface area (Å²) in [5, 5.41) is 9.79. The maximum Gasteiger partial charge on any atom is 0.226 e. The predicted octanol–water partition coefficient (Wildman–Crippen LogP) is 6.28. The van der Waals surface area contributed by atoms with E-state index in [2.05, 4.69) is 31.9 Å². The molecule has 0 saturated heterocycles. The summed E-state index contributed by atoms with van der Waals surface area (Å²) >= 11 is 1.54. The van der Waals surface area contributed by atoms with Crippen molar-refractivity contribution >= 4 is 11.8 Å². The Balaban J connectivity index is 1.39. The van der Waals surface area contributed by atoms with Gasteiger partial charge in [0, 0.05) is 17.9 Å². The van der Waals surface area contributed by atoms with Crippen molar-refractivity contribution in [3.05, 3.63) is 102 Å². The van der Waals surface area contributed by atoms with Crippen molar-refractivity contribution in [3.8, 4) is 28.6 Å². The lowest BCUT2D eigenvalue weighted by Crippen LogP contribution is -2.06. The van der Waals surface area contributed by atoms with Gasteiger partial charge in [-0.1, -0.05) is 54.2 Å². The monoisotopic (exact) mass is 486 g/mol. The summed E-state index contributed by atoms with van der Waals surface area (Å²) < 4.78 is 26.5. The molecule has 0 bridgehead atoms. The third kappa shape index (κ3) is 5.27. The van der Waals surface area contributed by atoms with Crippen LogP contribution >= 0.6 is 11.8 Å². The molecule has 6 nitrogen and oxygen atoms in total. The van der Waals surface area contributed by atoms with Gasteiger partial charge in [0.1, 0.15) is 17.8 Å². The summed E-state index contributed by atoms with van der Waals surface area (Å²) in [6, 6.07) is 24.2. The molecule has 0 aliphatic rings. The number of para-hydroxylation sites is 1. The molecule has 3 aromatic carbocycles. The summed E-state index contributed by atoms with van der Waals surface area (Å²) in [6.45, 7) is 0.715. The van der Waals surface area contributed by atoms with Crippen LogP contribution in [0.15, 0.2) is 94.7 Å². The van der Waals surface area contributed by atoms with E-state index in [9.17, 15) is 4.39 Å². The van der Waals surface area contributed by atoms with E-state index in [1.54, 1.807) is 37.3 Å². The summed E-state index contributed by atoms with van der Waals surface area (Å²) in [7, 11) is 1.66. The van der Waals surface area contributed by atoms with Gasteiger partial charge in [-0.25, -0.2) is 9.37 Å². The van der Waals surface area contributed by atoms with Gasteiger partial charge in [0.2, 0.25) is 5.89 Å². The Kier molecular flexibility index (Phi) is 6.90. The zero-order chi connectivity index (χ0) is 24.0. The standard InChI is InChI=1S/C27H23FN4O2S/c1-33-24-10-6-5-9-23(24)25-30-31-27(32(25)16-15-19-7-3-2-4-8-19)35-18-22-17-34-26(29-22)20-11-13-21(28)14-12-20/h2-14,17H,15-16,18H2,1H3. The second kappa shape index (κ2) is 10.6. The molecule has 176 valence electrons. The molecule has 0 fully saturated rings. The summed E-state index contributed by atoms with van der Waals surface area (Å²) in [4.78, 5) is 4.55. The van der Waals surface area contributed by atoms with Crippen LogP contribution < -0.4 is 4.74 Å². The lowest BCUT2D eigenvalue weighted by molar-refractivity contribution is 0.415. The summed E-state index contributed by atoms with van der Waals surface area (Å²) in [6.07, 6.45) is 2.46. The molecular formula is C27H23FN4O2S. The second-order valence-corrected chi connectivity index (χ2v) is 8.78. The van der Waals surface area contributed by atoms with Crippen molar-refractivity contribution in [2.45, 2.75) is 23.9 Å². The lowest BCUT2D eigenvalue weighted by atomic mass is 10.1. The van der Waals surface area contributed by atoms with E-state index in [0.29, 0.717) is 18.2 Å². The number of rotatable bonds is 9. The number of methoxy groups -OCH3 is 1. The first kappa shape index (κ1) is 22.9. The highest BCUT2D eigenvalue weighted by Crippen LogP contribution is 2.32. The number of hydrogen-bond donors (Lipinski definition) is 0. The number of aromatic nitrogens is 4. The molecular weight excluding hydrogens is 463 g/mol. The fraction of sp³-hybridized carbons (Fsp3) is 0.148. The molecule has 0 aliphatic carbocycles. The molecule has 2 heterocycles. The quantitative estimate of drug-likeness (QED) is 0.228.